The van der Waals surface area contributed by atoms with E-state index in [2.05, 4.69) is 10.6 Å². The van der Waals surface area contributed by atoms with Gasteiger partial charge in [-0.15, -0.1) is 0 Å². The summed E-state index contributed by atoms with van der Waals surface area (Å²) in [4.78, 5) is 52.1. The molecule has 2 saturated heterocycles. The molecule has 2 aliphatic rings. The summed E-state index contributed by atoms with van der Waals surface area (Å²) < 4.78 is 10.6. The summed E-state index contributed by atoms with van der Waals surface area (Å²) in [5.74, 6) is -0.971. The molecule has 8 heteroatoms. The maximum absolute atomic E-state index is 13.7. The Balaban J connectivity index is 1.55. The number of rotatable bonds is 12. The highest BCUT2D eigenvalue weighted by Gasteiger charge is 2.50. The summed E-state index contributed by atoms with van der Waals surface area (Å²) in [6.45, 7) is 3.75. The molecule has 2 aliphatic heterocycles. The van der Waals surface area contributed by atoms with Gasteiger partial charge >= 0.3 is 0 Å². The van der Waals surface area contributed by atoms with Gasteiger partial charge < -0.3 is 20.1 Å². The second-order valence-corrected chi connectivity index (χ2v) is 10.4. The monoisotopic (exact) mass is 506 g/mol. The Labute approximate surface area is 217 Å². The fourth-order valence-electron chi connectivity index (χ4n) is 4.73. The summed E-state index contributed by atoms with van der Waals surface area (Å²) >= 11 is 0. The first-order valence-electron chi connectivity index (χ1n) is 12.6. The average Bonchev–Trinajstić information content (AvgIpc) is 3.55. The van der Waals surface area contributed by atoms with Crippen LogP contribution in [-0.2, 0) is 36.8 Å². The Morgan fingerprint density at radius 1 is 1.03 bits per heavy atom. The summed E-state index contributed by atoms with van der Waals surface area (Å²) in [5, 5.41) is 5.70. The second-order valence-electron chi connectivity index (χ2n) is 10.4. The van der Waals surface area contributed by atoms with Gasteiger partial charge in [0.2, 0.25) is 11.8 Å². The molecule has 0 aromatic heterocycles. The van der Waals surface area contributed by atoms with Gasteiger partial charge in [0.1, 0.15) is 11.4 Å². The molecule has 37 heavy (non-hydrogen) atoms. The van der Waals surface area contributed by atoms with Crippen molar-refractivity contribution in [2.45, 2.75) is 63.1 Å². The van der Waals surface area contributed by atoms with Crippen LogP contribution in [0.3, 0.4) is 0 Å². The maximum Gasteiger partial charge on any atom is 0.224 e. The Morgan fingerprint density at radius 2 is 1.68 bits per heavy atom. The highest BCUT2D eigenvalue weighted by Crippen LogP contribution is 2.30. The molecule has 0 unspecified atom stereocenters. The quantitative estimate of drug-likeness (QED) is 0.428. The molecule has 2 aromatic carbocycles. The molecule has 8 nitrogen and oxygen atoms in total. The van der Waals surface area contributed by atoms with Gasteiger partial charge in [0, 0.05) is 18.8 Å². The van der Waals surface area contributed by atoms with Crippen LogP contribution < -0.4 is 15.4 Å². The van der Waals surface area contributed by atoms with Crippen LogP contribution in [0, 0.1) is 5.92 Å². The first kappa shape index (κ1) is 26.5. The number of methoxy groups -OCH3 is 1. The number of Topliss-reactive ketones (excluding diaryl/α,β-unsaturated/α-hetero) is 2. The maximum atomic E-state index is 13.7. The highest BCUT2D eigenvalue weighted by molar-refractivity contribution is 5.99. The van der Waals surface area contributed by atoms with E-state index in [0.717, 1.165) is 11.1 Å². The minimum Gasteiger partial charge on any atom is -0.497 e. The van der Waals surface area contributed by atoms with E-state index in [-0.39, 0.29) is 36.2 Å². The van der Waals surface area contributed by atoms with E-state index in [0.29, 0.717) is 31.6 Å². The molecule has 0 bridgehead atoms. The van der Waals surface area contributed by atoms with E-state index < -0.39 is 23.1 Å². The molecule has 4 rings (SSSR count). The van der Waals surface area contributed by atoms with Crippen molar-refractivity contribution in [2.24, 2.45) is 5.92 Å². The molecule has 196 valence electrons. The van der Waals surface area contributed by atoms with E-state index in [1.165, 1.54) is 0 Å². The molecule has 2 heterocycles. The van der Waals surface area contributed by atoms with Gasteiger partial charge in [-0.1, -0.05) is 42.5 Å². The summed E-state index contributed by atoms with van der Waals surface area (Å²) in [7, 11) is 1.58. The van der Waals surface area contributed by atoms with Gasteiger partial charge in [-0.3, -0.25) is 19.2 Å². The molecular weight excluding hydrogens is 472 g/mol. The number of amides is 2. The van der Waals surface area contributed by atoms with Crippen LogP contribution in [0.15, 0.2) is 54.6 Å². The van der Waals surface area contributed by atoms with Crippen LogP contribution in [-0.4, -0.2) is 54.3 Å². The van der Waals surface area contributed by atoms with Crippen molar-refractivity contribution >= 4 is 23.4 Å². The minimum absolute atomic E-state index is 0.0609. The zero-order valence-corrected chi connectivity index (χ0v) is 21.5. The normalized spacial score (nSPS) is 24.0. The topological polar surface area (TPSA) is 114 Å². The van der Waals surface area contributed by atoms with Crippen LogP contribution in [0.1, 0.15) is 44.2 Å². The number of nitrogens with one attached hydrogen (secondary N) is 2. The molecule has 2 N–H and O–H groups in total. The summed E-state index contributed by atoms with van der Waals surface area (Å²) in [5.41, 5.74) is -0.133. The van der Waals surface area contributed by atoms with E-state index in [4.69, 9.17) is 9.47 Å². The molecule has 4 atom stereocenters. The Morgan fingerprint density at radius 3 is 2.24 bits per heavy atom. The molecule has 0 spiro atoms. The van der Waals surface area contributed by atoms with Crippen molar-refractivity contribution in [1.29, 1.82) is 0 Å². The lowest BCUT2D eigenvalue weighted by Gasteiger charge is -2.27. The van der Waals surface area contributed by atoms with Crippen molar-refractivity contribution in [3.05, 3.63) is 65.7 Å². The Hall–Kier alpha value is -3.52. The van der Waals surface area contributed by atoms with Gasteiger partial charge in [-0.05, 0) is 56.4 Å². The lowest BCUT2D eigenvalue weighted by molar-refractivity contribution is -0.135. The molecule has 2 fully saturated rings. The fourth-order valence-corrected chi connectivity index (χ4v) is 4.73. The van der Waals surface area contributed by atoms with E-state index in [9.17, 15) is 19.2 Å². The van der Waals surface area contributed by atoms with E-state index in [1.807, 2.05) is 42.5 Å². The molecule has 0 radical (unpaired) electrons. The number of epoxide rings is 1. The minimum atomic E-state index is -0.996. The van der Waals surface area contributed by atoms with Crippen LogP contribution >= 0.6 is 0 Å². The third-order valence-electron chi connectivity index (χ3n) is 7.34. The third-order valence-corrected chi connectivity index (χ3v) is 7.34. The predicted molar refractivity (Wildman–Crippen MR) is 137 cm³/mol. The smallest absolute Gasteiger partial charge is 0.224 e. The van der Waals surface area contributed by atoms with Gasteiger partial charge in [-0.2, -0.15) is 0 Å². The summed E-state index contributed by atoms with van der Waals surface area (Å²) in [6.07, 6.45) is 1.23. The fraction of sp³-hybridized carbons (Fsp3) is 0.448. The highest BCUT2D eigenvalue weighted by atomic mass is 16.6. The van der Waals surface area contributed by atoms with Crippen LogP contribution in [0.2, 0.25) is 0 Å². The van der Waals surface area contributed by atoms with Gasteiger partial charge in [-0.25, -0.2) is 0 Å². The number of benzene rings is 2. The number of hydrogen-bond acceptors (Lipinski definition) is 6. The van der Waals surface area contributed by atoms with Crippen molar-refractivity contribution in [2.75, 3.05) is 13.7 Å². The Bertz CT molecular complexity index is 1160. The van der Waals surface area contributed by atoms with Crippen LogP contribution in [0.5, 0.6) is 5.75 Å². The van der Waals surface area contributed by atoms with Crippen LogP contribution in [0.25, 0.3) is 0 Å². The van der Waals surface area contributed by atoms with Crippen molar-refractivity contribution in [3.8, 4) is 5.75 Å². The van der Waals surface area contributed by atoms with Crippen molar-refractivity contribution < 1.29 is 28.7 Å². The molecule has 0 saturated carbocycles. The largest absolute Gasteiger partial charge is 0.497 e. The predicted octanol–water partition coefficient (Wildman–Crippen LogP) is 2.57. The zero-order valence-electron chi connectivity index (χ0n) is 21.5. The van der Waals surface area contributed by atoms with E-state index in [1.54, 1.807) is 33.1 Å². The molecule has 2 aromatic rings. The standard InChI is InChI=1S/C29H34N2O6/c1-28(14-13-25(33)31-28)24(32)17-21(15-20-9-11-22(36-3)12-10-20)27(35)30-23(26(34)29(2)18-37-29)16-19-7-5-4-6-8-19/h4-12,21,23H,13-18H2,1-3H3,(H,30,35)(H,31,33)/t21-,23+,28-,29-/m1/s1. The van der Waals surface area contributed by atoms with E-state index >= 15 is 0 Å². The van der Waals surface area contributed by atoms with Gasteiger partial charge in [0.15, 0.2) is 11.6 Å². The first-order valence-corrected chi connectivity index (χ1v) is 12.6. The number of hydrogen-bond donors (Lipinski definition) is 2. The van der Waals surface area contributed by atoms with Crippen molar-refractivity contribution in [1.82, 2.24) is 10.6 Å². The van der Waals surface area contributed by atoms with Crippen LogP contribution in [0.4, 0.5) is 0 Å². The zero-order chi connectivity index (χ0) is 26.6. The number of ether oxygens (including phenoxy) is 2. The summed E-state index contributed by atoms with van der Waals surface area (Å²) in [6, 6.07) is 16.0. The number of carbonyl (C=O) groups is 4. The van der Waals surface area contributed by atoms with Gasteiger partial charge in [0.05, 0.1) is 25.3 Å². The lowest BCUT2D eigenvalue weighted by Crippen LogP contribution is -2.51. The number of carbonyl (C=O) groups excluding carboxylic acids is 4. The first-order chi connectivity index (χ1) is 17.6. The van der Waals surface area contributed by atoms with Crippen molar-refractivity contribution in [3.63, 3.8) is 0 Å². The molecular formula is C29H34N2O6. The van der Waals surface area contributed by atoms with Gasteiger partial charge in [0.25, 0.3) is 0 Å². The molecule has 0 aliphatic carbocycles. The SMILES string of the molecule is COc1ccc(C[C@H](CC(=O)[C@@]2(C)CCC(=O)N2)C(=O)N[C@@H](Cc2ccccc2)C(=O)[C@@]2(C)CO2)cc1. The Kier molecular flexibility index (Phi) is 7.78. The third kappa shape index (κ3) is 6.43. The number of ketones is 2. The molecule has 2 amide bonds. The lowest BCUT2D eigenvalue weighted by atomic mass is 9.84. The average molecular weight is 507 g/mol. The second kappa shape index (κ2) is 10.8.